The van der Waals surface area contributed by atoms with E-state index in [0.29, 0.717) is 11.3 Å². The van der Waals surface area contributed by atoms with Crippen LogP contribution in [-0.2, 0) is 4.79 Å². The number of hydrogen-bond donors (Lipinski definition) is 1. The Labute approximate surface area is 133 Å². The summed E-state index contributed by atoms with van der Waals surface area (Å²) in [4.78, 5) is 10.8. The molecule has 126 valence electrons. The molecule has 3 atom stereocenters. The highest BCUT2D eigenvalue weighted by atomic mass is 19.2. The minimum atomic E-state index is -1.89. The zero-order chi connectivity index (χ0) is 17.2. The third kappa shape index (κ3) is 6.64. The van der Waals surface area contributed by atoms with Gasteiger partial charge in [0.1, 0.15) is 18.5 Å². The highest BCUT2D eigenvalue weighted by Gasteiger charge is 2.21. The van der Waals surface area contributed by atoms with Gasteiger partial charge in [0.05, 0.1) is 19.0 Å². The Bertz CT molecular complexity index is 548. The van der Waals surface area contributed by atoms with E-state index in [0.717, 1.165) is 0 Å². The van der Waals surface area contributed by atoms with Crippen LogP contribution in [-0.4, -0.2) is 36.7 Å². The lowest BCUT2D eigenvalue weighted by atomic mass is 9.96. The van der Waals surface area contributed by atoms with Crippen molar-refractivity contribution in [3.05, 3.63) is 29.8 Å². The molecule has 2 unspecified atom stereocenters. The summed E-state index contributed by atoms with van der Waals surface area (Å²) in [6.45, 7) is 0.200. The second kappa shape index (κ2) is 9.78. The summed E-state index contributed by atoms with van der Waals surface area (Å²) in [6, 6.07) is 6.34. The Morgan fingerprint density at radius 2 is 1.91 bits per heavy atom. The van der Waals surface area contributed by atoms with E-state index in [4.69, 9.17) is 9.84 Å². The normalized spacial score (nSPS) is 14.3. The Morgan fingerprint density at radius 3 is 2.43 bits per heavy atom. The van der Waals surface area contributed by atoms with Gasteiger partial charge >= 0.3 is 5.97 Å². The summed E-state index contributed by atoms with van der Waals surface area (Å²) in [5, 5.41) is 8.87. The average molecular weight is 328 g/mol. The first-order chi connectivity index (χ1) is 11.0. The van der Waals surface area contributed by atoms with Crippen molar-refractivity contribution in [1.29, 1.82) is 0 Å². The summed E-state index contributed by atoms with van der Waals surface area (Å²) >= 11 is 0. The van der Waals surface area contributed by atoms with Gasteiger partial charge in [0.2, 0.25) is 0 Å². The molecule has 23 heavy (non-hydrogen) atoms. The van der Waals surface area contributed by atoms with Crippen molar-refractivity contribution < 1.29 is 27.8 Å². The molecule has 0 aliphatic carbocycles. The van der Waals surface area contributed by atoms with E-state index in [-0.39, 0.29) is 6.42 Å². The van der Waals surface area contributed by atoms with Crippen LogP contribution in [0.3, 0.4) is 0 Å². The van der Waals surface area contributed by atoms with Gasteiger partial charge in [0.25, 0.3) is 0 Å². The van der Waals surface area contributed by atoms with Crippen LogP contribution in [0.4, 0.5) is 13.2 Å². The number of hydrogen-bond acceptors (Lipinski definition) is 2. The maximum atomic E-state index is 13.4. The van der Waals surface area contributed by atoms with Crippen LogP contribution in [0.5, 0.6) is 5.75 Å². The number of rotatable bonds is 9. The van der Waals surface area contributed by atoms with Crippen molar-refractivity contribution in [3.8, 4) is 17.6 Å². The van der Waals surface area contributed by atoms with E-state index in [9.17, 15) is 18.0 Å². The largest absolute Gasteiger partial charge is 0.490 e. The van der Waals surface area contributed by atoms with Gasteiger partial charge in [-0.25, -0.2) is 8.78 Å². The second-order valence-electron chi connectivity index (χ2n) is 4.93. The monoisotopic (exact) mass is 328 g/mol. The molecule has 1 rings (SSSR count). The van der Waals surface area contributed by atoms with Gasteiger partial charge in [-0.05, 0) is 24.6 Å². The molecule has 6 heteroatoms. The maximum absolute atomic E-state index is 13.4. The van der Waals surface area contributed by atoms with Crippen molar-refractivity contribution in [2.24, 2.45) is 0 Å². The molecular formula is C17H19F3O3. The third-order valence-electron chi connectivity index (χ3n) is 3.17. The quantitative estimate of drug-likeness (QED) is 0.703. The predicted octanol–water partition coefficient (Wildman–Crippen LogP) is 3.68. The molecule has 0 saturated carbocycles. The standard InChI is InChI=1S/C17H19F3O3/c1-2-3-13(10-17(21)22)12-4-6-14(7-5-12)23-11-16(20)15(19)8-9-18/h4-7,13,15-16H,8-11H2,1H3,(H,21,22)/t13-,15?,16?/m0/s1. The minimum absolute atomic E-state index is 0.125. The molecule has 0 heterocycles. The SMILES string of the molecule is CC#C[C@@H](CC(=O)O)c1ccc(OCC(F)C(F)CCF)cc1. The third-order valence-corrected chi connectivity index (χ3v) is 3.17. The van der Waals surface area contributed by atoms with Crippen molar-refractivity contribution >= 4 is 5.97 Å². The number of alkyl halides is 3. The lowest BCUT2D eigenvalue weighted by Gasteiger charge is -2.14. The van der Waals surface area contributed by atoms with Crippen molar-refractivity contribution in [3.63, 3.8) is 0 Å². The first-order valence-electron chi connectivity index (χ1n) is 7.18. The fraction of sp³-hybridized carbons (Fsp3) is 0.471. The van der Waals surface area contributed by atoms with Gasteiger partial charge in [-0.15, -0.1) is 5.92 Å². The van der Waals surface area contributed by atoms with E-state index in [1.165, 1.54) is 12.1 Å². The lowest BCUT2D eigenvalue weighted by Crippen LogP contribution is -2.25. The Kier molecular flexibility index (Phi) is 8.03. The molecule has 0 aliphatic heterocycles. The molecule has 0 bridgehead atoms. The van der Waals surface area contributed by atoms with E-state index in [1.54, 1.807) is 19.1 Å². The van der Waals surface area contributed by atoms with Crippen LogP contribution in [0.2, 0.25) is 0 Å². The van der Waals surface area contributed by atoms with Crippen LogP contribution in [0.15, 0.2) is 24.3 Å². The minimum Gasteiger partial charge on any atom is -0.490 e. The molecule has 0 spiro atoms. The van der Waals surface area contributed by atoms with E-state index < -0.39 is 43.9 Å². The Hall–Kier alpha value is -2.16. The van der Waals surface area contributed by atoms with Crippen molar-refractivity contribution in [1.82, 2.24) is 0 Å². The number of carboxylic acids is 1. The van der Waals surface area contributed by atoms with Crippen LogP contribution in [0.25, 0.3) is 0 Å². The van der Waals surface area contributed by atoms with Gasteiger partial charge in [-0.3, -0.25) is 9.18 Å². The number of ether oxygens (including phenoxy) is 1. The molecule has 1 aromatic rings. The molecule has 0 fully saturated rings. The lowest BCUT2D eigenvalue weighted by molar-refractivity contribution is -0.137. The van der Waals surface area contributed by atoms with Crippen LogP contribution >= 0.6 is 0 Å². The fourth-order valence-electron chi connectivity index (χ4n) is 1.96. The second-order valence-corrected chi connectivity index (χ2v) is 4.93. The van der Waals surface area contributed by atoms with Crippen molar-refractivity contribution in [2.45, 2.75) is 38.0 Å². The van der Waals surface area contributed by atoms with E-state index >= 15 is 0 Å². The summed E-state index contributed by atoms with van der Waals surface area (Å²) < 4.78 is 43.5. The number of halogens is 3. The van der Waals surface area contributed by atoms with Crippen molar-refractivity contribution in [2.75, 3.05) is 13.3 Å². The predicted molar refractivity (Wildman–Crippen MR) is 80.8 cm³/mol. The van der Waals surface area contributed by atoms with Crippen LogP contribution in [0, 0.1) is 11.8 Å². The summed E-state index contributed by atoms with van der Waals surface area (Å²) in [5.41, 5.74) is 0.701. The molecule has 0 saturated heterocycles. The fourth-order valence-corrected chi connectivity index (χ4v) is 1.96. The zero-order valence-electron chi connectivity index (χ0n) is 12.8. The summed E-state index contributed by atoms with van der Waals surface area (Å²) in [6.07, 6.45) is -4.40. The number of carbonyl (C=O) groups is 1. The summed E-state index contributed by atoms with van der Waals surface area (Å²) in [7, 11) is 0. The number of carboxylic acid groups (broad SMARTS) is 1. The molecule has 1 aromatic carbocycles. The summed E-state index contributed by atoms with van der Waals surface area (Å²) in [5.74, 6) is 4.42. The van der Waals surface area contributed by atoms with Gasteiger partial charge in [0.15, 0.2) is 6.17 Å². The number of aliphatic carboxylic acids is 1. The molecule has 0 amide bonds. The molecule has 3 nitrogen and oxygen atoms in total. The highest BCUT2D eigenvalue weighted by molar-refractivity contribution is 5.69. The first-order valence-corrected chi connectivity index (χ1v) is 7.18. The smallest absolute Gasteiger partial charge is 0.304 e. The Balaban J connectivity index is 2.64. The highest BCUT2D eigenvalue weighted by Crippen LogP contribution is 2.22. The van der Waals surface area contributed by atoms with E-state index in [1.807, 2.05) is 0 Å². The van der Waals surface area contributed by atoms with Gasteiger partial charge in [-0.1, -0.05) is 18.1 Å². The first kappa shape index (κ1) is 18.9. The van der Waals surface area contributed by atoms with Crippen LogP contribution < -0.4 is 4.74 Å². The zero-order valence-corrected chi connectivity index (χ0v) is 12.8. The topological polar surface area (TPSA) is 46.5 Å². The molecule has 1 N–H and O–H groups in total. The maximum Gasteiger partial charge on any atom is 0.304 e. The molecule has 0 aromatic heterocycles. The van der Waals surface area contributed by atoms with Crippen LogP contribution in [0.1, 0.15) is 31.2 Å². The van der Waals surface area contributed by atoms with Gasteiger partial charge < -0.3 is 9.84 Å². The molecular weight excluding hydrogens is 309 g/mol. The average Bonchev–Trinajstić information content (AvgIpc) is 2.52. The van der Waals surface area contributed by atoms with Gasteiger partial charge in [-0.2, -0.15) is 0 Å². The Morgan fingerprint density at radius 1 is 1.26 bits per heavy atom. The van der Waals surface area contributed by atoms with Gasteiger partial charge in [0, 0.05) is 6.42 Å². The molecule has 0 radical (unpaired) electrons. The molecule has 0 aliphatic rings. The van der Waals surface area contributed by atoms with E-state index in [2.05, 4.69) is 11.8 Å². The number of benzene rings is 1.